The smallest absolute Gasteiger partial charge is 0.549 e. The van der Waals surface area contributed by atoms with Crippen molar-refractivity contribution in [1.29, 1.82) is 0 Å². The number of nitrogens with one attached hydrogen (secondary N) is 1. The normalized spacial score (nSPS) is 17.0. The molecule has 0 radical (unpaired) electrons. The quantitative estimate of drug-likeness (QED) is 0.782. The molecule has 6 heteroatoms. The van der Waals surface area contributed by atoms with Crippen LogP contribution in [0.2, 0.25) is 0 Å². The van der Waals surface area contributed by atoms with Crippen LogP contribution in [0.1, 0.15) is 10.4 Å². The summed E-state index contributed by atoms with van der Waals surface area (Å²) in [4.78, 5) is 15.6. The fourth-order valence-corrected chi connectivity index (χ4v) is 2.41. The lowest BCUT2D eigenvalue weighted by molar-refractivity contribution is 0.0697. The van der Waals surface area contributed by atoms with Crippen molar-refractivity contribution in [3.05, 3.63) is 23.8 Å². The molecule has 1 aromatic heterocycles. The Morgan fingerprint density at radius 2 is 2.05 bits per heavy atom. The van der Waals surface area contributed by atoms with Gasteiger partial charge in [0.25, 0.3) is 0 Å². The Kier molecular flexibility index (Phi) is 2.87. The maximum Gasteiger partial charge on any atom is 0.549 e. The zero-order chi connectivity index (χ0) is 13.4. The molecule has 1 aromatic carbocycles. The Labute approximate surface area is 110 Å². The van der Waals surface area contributed by atoms with Gasteiger partial charge in [-0.3, -0.25) is 5.10 Å². The van der Waals surface area contributed by atoms with Crippen LogP contribution in [-0.2, 0) is 0 Å². The summed E-state index contributed by atoms with van der Waals surface area (Å²) >= 11 is 0. The third-order valence-electron chi connectivity index (χ3n) is 3.61. The van der Waals surface area contributed by atoms with Crippen LogP contribution < -0.4 is 4.90 Å². The first-order valence-electron chi connectivity index (χ1n) is 6.33. The number of benzene rings is 1. The molecule has 0 atom stereocenters. The highest BCUT2D eigenvalue weighted by molar-refractivity contribution is 5.97. The number of aromatic nitrogens is 2. The molecule has 1 aliphatic rings. The van der Waals surface area contributed by atoms with E-state index in [1.54, 1.807) is 12.1 Å². The fourth-order valence-electron chi connectivity index (χ4n) is 2.41. The molecule has 0 spiro atoms. The van der Waals surface area contributed by atoms with Crippen LogP contribution in [-0.4, -0.2) is 59.4 Å². The Bertz CT molecular complexity index is 614. The number of carbonyl (C=O) groups excluding carboxylic acids is 1. The molecular formula is C13H17N4O2+. The first-order valence-corrected chi connectivity index (χ1v) is 6.33. The summed E-state index contributed by atoms with van der Waals surface area (Å²) in [7, 11) is 2.12. The predicted octanol–water partition coefficient (Wildman–Crippen LogP) is 0.179. The van der Waals surface area contributed by atoms with Crippen LogP contribution >= 0.6 is 0 Å². The number of aromatic amines is 1. The van der Waals surface area contributed by atoms with Crippen molar-refractivity contribution in [2.75, 3.05) is 38.1 Å². The lowest BCUT2D eigenvalue weighted by Gasteiger charge is -2.32. The molecule has 0 aliphatic carbocycles. The summed E-state index contributed by atoms with van der Waals surface area (Å²) in [6.07, 6.45) is 0. The topological polar surface area (TPSA) is 75.1 Å². The number of anilines is 1. The number of fused-ring (bicyclic) bond motifs is 1. The van der Waals surface area contributed by atoms with E-state index in [0.29, 0.717) is 5.56 Å². The van der Waals surface area contributed by atoms with Crippen LogP contribution in [0, 0.1) is 0 Å². The van der Waals surface area contributed by atoms with E-state index in [1.165, 1.54) is 0 Å². The highest BCUT2D eigenvalue weighted by atomic mass is 16.4. The molecule has 19 heavy (non-hydrogen) atoms. The maximum atomic E-state index is 11.1. The van der Waals surface area contributed by atoms with Gasteiger partial charge in [0.1, 0.15) is 5.56 Å². The summed E-state index contributed by atoms with van der Waals surface area (Å²) in [5, 5.41) is 15.4. The van der Waals surface area contributed by atoms with Gasteiger partial charge in [-0.2, -0.15) is 5.10 Å². The van der Waals surface area contributed by atoms with E-state index in [1.807, 2.05) is 6.07 Å². The highest BCUT2D eigenvalue weighted by Gasteiger charge is 2.20. The minimum Gasteiger partial charge on any atom is -0.561 e. The standard InChI is InChI=1S/C13H16N4O2/c1-16-4-6-17(7-5-16)12-10-3-2-9(13(18)19)8-11(10)14-15-12/h2-3,8H,4-7H2,1H3,(H,14,15)(H,18,19)/p+1. The van der Waals surface area contributed by atoms with Gasteiger partial charge in [-0.05, 0) is 25.2 Å². The van der Waals surface area contributed by atoms with Crippen LogP contribution in [0.5, 0.6) is 0 Å². The van der Waals surface area contributed by atoms with Gasteiger partial charge in [-0.1, -0.05) is 0 Å². The fraction of sp³-hybridized carbons (Fsp3) is 0.385. The minimum atomic E-state index is -0.669. The lowest BCUT2D eigenvalue weighted by atomic mass is 10.1. The molecule has 1 aliphatic heterocycles. The molecule has 0 saturated carbocycles. The van der Waals surface area contributed by atoms with Crippen LogP contribution in [0.4, 0.5) is 5.82 Å². The molecule has 6 nitrogen and oxygen atoms in total. The average Bonchev–Trinajstić information content (AvgIpc) is 2.82. The van der Waals surface area contributed by atoms with E-state index in [4.69, 9.17) is 5.11 Å². The van der Waals surface area contributed by atoms with E-state index < -0.39 is 5.97 Å². The van der Waals surface area contributed by atoms with Crippen LogP contribution in [0.3, 0.4) is 0 Å². The Hall–Kier alpha value is -2.08. The monoisotopic (exact) mass is 261 g/mol. The first-order chi connectivity index (χ1) is 9.15. The van der Waals surface area contributed by atoms with Gasteiger partial charge < -0.3 is 14.9 Å². The van der Waals surface area contributed by atoms with E-state index >= 15 is 0 Å². The zero-order valence-electron chi connectivity index (χ0n) is 10.8. The first kappa shape index (κ1) is 12.0. The molecule has 0 unspecified atom stereocenters. The molecule has 2 heterocycles. The molecular weight excluding hydrogens is 244 g/mol. The third kappa shape index (κ3) is 2.15. The summed E-state index contributed by atoms with van der Waals surface area (Å²) in [6, 6.07) is 5.25. The molecule has 3 rings (SSSR count). The summed E-state index contributed by atoms with van der Waals surface area (Å²) in [5.41, 5.74) is 1.20. The molecule has 2 aromatic rings. The Morgan fingerprint density at radius 3 is 2.74 bits per heavy atom. The zero-order valence-corrected chi connectivity index (χ0v) is 10.8. The van der Waals surface area contributed by atoms with Crippen molar-refractivity contribution >= 4 is 22.7 Å². The number of H-pyrrole nitrogens is 1. The van der Waals surface area contributed by atoms with E-state index in [-0.39, 0.29) is 0 Å². The molecule has 100 valence electrons. The van der Waals surface area contributed by atoms with Crippen molar-refractivity contribution in [1.82, 2.24) is 15.1 Å². The van der Waals surface area contributed by atoms with Gasteiger partial charge >= 0.3 is 5.97 Å². The summed E-state index contributed by atoms with van der Waals surface area (Å²) in [6.45, 7) is 3.96. The van der Waals surface area contributed by atoms with Crippen molar-refractivity contribution in [3.8, 4) is 0 Å². The minimum absolute atomic E-state index is 0.390. The van der Waals surface area contributed by atoms with E-state index in [9.17, 15) is 4.79 Å². The number of hydrogen-bond acceptors (Lipinski definition) is 4. The van der Waals surface area contributed by atoms with Crippen LogP contribution in [0.15, 0.2) is 18.2 Å². The van der Waals surface area contributed by atoms with Gasteiger partial charge in [0.05, 0.1) is 5.52 Å². The number of hydrogen-bond donors (Lipinski definition) is 1. The van der Waals surface area contributed by atoms with E-state index in [2.05, 4.69) is 27.0 Å². The number of piperazine rings is 1. The van der Waals surface area contributed by atoms with E-state index in [0.717, 1.165) is 42.9 Å². The Balaban J connectivity index is 1.95. The van der Waals surface area contributed by atoms with Crippen LogP contribution in [0.25, 0.3) is 10.9 Å². The lowest BCUT2D eigenvalue weighted by Crippen LogP contribution is -2.44. The molecule has 0 bridgehead atoms. The predicted molar refractivity (Wildman–Crippen MR) is 73.7 cm³/mol. The number of rotatable bonds is 2. The maximum absolute atomic E-state index is 11.1. The van der Waals surface area contributed by atoms with Gasteiger partial charge in [0.15, 0.2) is 5.82 Å². The van der Waals surface area contributed by atoms with Gasteiger partial charge in [0.2, 0.25) is 0 Å². The highest BCUT2D eigenvalue weighted by Crippen LogP contribution is 2.25. The number of likely N-dealkylation sites (N-methyl/N-ethyl adjacent to an activating group) is 1. The SMILES string of the molecule is CN1CCN(c2n[nH]c3cc(C(=O)[OH2+])ccc23)CC1. The van der Waals surface area contributed by atoms with Crippen molar-refractivity contribution < 1.29 is 9.90 Å². The molecule has 0 amide bonds. The molecule has 1 saturated heterocycles. The van der Waals surface area contributed by atoms with Gasteiger partial charge in [-0.15, -0.1) is 0 Å². The summed E-state index contributed by atoms with van der Waals surface area (Å²) in [5.74, 6) is 0.268. The van der Waals surface area contributed by atoms with Gasteiger partial charge in [-0.25, -0.2) is 0 Å². The molecule has 1 fully saturated rings. The molecule has 3 N–H and O–H groups in total. The van der Waals surface area contributed by atoms with Crippen molar-refractivity contribution in [2.24, 2.45) is 0 Å². The number of carbonyl (C=O) groups is 1. The second-order valence-corrected chi connectivity index (χ2v) is 4.93. The van der Waals surface area contributed by atoms with Gasteiger partial charge in [0, 0.05) is 36.4 Å². The summed E-state index contributed by atoms with van der Waals surface area (Å²) < 4.78 is 0. The largest absolute Gasteiger partial charge is 0.561 e. The number of nitrogens with zero attached hydrogens (tertiary/aromatic N) is 3. The van der Waals surface area contributed by atoms with Crippen molar-refractivity contribution in [2.45, 2.75) is 0 Å². The third-order valence-corrected chi connectivity index (χ3v) is 3.61. The average molecular weight is 261 g/mol. The van der Waals surface area contributed by atoms with Crippen molar-refractivity contribution in [3.63, 3.8) is 0 Å². The second kappa shape index (κ2) is 4.55. The second-order valence-electron chi connectivity index (χ2n) is 4.93. The Morgan fingerprint density at radius 1 is 1.32 bits per heavy atom.